The van der Waals surface area contributed by atoms with Crippen LogP contribution in [-0.4, -0.2) is 18.3 Å². The lowest BCUT2D eigenvalue weighted by atomic mass is 9.97. The van der Waals surface area contributed by atoms with E-state index in [4.69, 9.17) is 4.74 Å². The second-order valence-electron chi connectivity index (χ2n) is 6.19. The predicted molar refractivity (Wildman–Crippen MR) is 89.0 cm³/mol. The third-order valence-electron chi connectivity index (χ3n) is 4.19. The van der Waals surface area contributed by atoms with Crippen LogP contribution in [0, 0.1) is 18.6 Å². The van der Waals surface area contributed by atoms with Crippen LogP contribution in [0.4, 0.5) is 14.5 Å². The summed E-state index contributed by atoms with van der Waals surface area (Å²) in [5.41, 5.74) is 2.50. The number of ketones is 1. The summed E-state index contributed by atoms with van der Waals surface area (Å²) in [6.07, 6.45) is 0.422. The minimum Gasteiger partial charge on any atom is -0.483 e. The van der Waals surface area contributed by atoms with E-state index < -0.39 is 17.5 Å². The highest BCUT2D eigenvalue weighted by Crippen LogP contribution is 2.40. The van der Waals surface area contributed by atoms with E-state index >= 15 is 0 Å². The fraction of sp³-hybridized carbons (Fsp3) is 0.263. The molecule has 25 heavy (non-hydrogen) atoms. The van der Waals surface area contributed by atoms with Gasteiger partial charge in [0.2, 0.25) is 0 Å². The molecule has 0 aliphatic heterocycles. The number of amides is 1. The van der Waals surface area contributed by atoms with Gasteiger partial charge in [-0.1, -0.05) is 13.0 Å². The number of hydrogen-bond acceptors (Lipinski definition) is 3. The Bertz CT molecular complexity index is 844. The number of benzene rings is 2. The maximum Gasteiger partial charge on any atom is 0.262 e. The molecular formula is C19H17F2NO3. The summed E-state index contributed by atoms with van der Waals surface area (Å²) < 4.78 is 31.8. The first kappa shape index (κ1) is 17.1. The second kappa shape index (κ2) is 6.63. The molecule has 1 atom stereocenters. The van der Waals surface area contributed by atoms with Gasteiger partial charge in [0.1, 0.15) is 17.4 Å². The van der Waals surface area contributed by atoms with E-state index in [9.17, 15) is 18.4 Å². The van der Waals surface area contributed by atoms with Crippen molar-refractivity contribution >= 4 is 17.4 Å². The molecule has 1 aliphatic carbocycles. The summed E-state index contributed by atoms with van der Waals surface area (Å²) in [6.45, 7) is 3.55. The SMILES string of the molecule is Cc1ccc(OCC(=O)Nc2cc(F)cc(F)c2)c2c1C(C)CC2=O. The highest BCUT2D eigenvalue weighted by Gasteiger charge is 2.31. The molecule has 0 saturated heterocycles. The average Bonchev–Trinajstić information content (AvgIpc) is 2.81. The Balaban J connectivity index is 1.72. The summed E-state index contributed by atoms with van der Waals surface area (Å²) in [7, 11) is 0. The van der Waals surface area contributed by atoms with Crippen LogP contribution < -0.4 is 10.1 Å². The van der Waals surface area contributed by atoms with Crippen LogP contribution in [0.2, 0.25) is 0 Å². The van der Waals surface area contributed by atoms with Crippen molar-refractivity contribution in [3.63, 3.8) is 0 Å². The van der Waals surface area contributed by atoms with Crippen LogP contribution in [-0.2, 0) is 4.79 Å². The fourth-order valence-corrected chi connectivity index (χ4v) is 3.20. The predicted octanol–water partition coefficient (Wildman–Crippen LogP) is 3.98. The van der Waals surface area contributed by atoms with Gasteiger partial charge in [-0.05, 0) is 42.2 Å². The van der Waals surface area contributed by atoms with Crippen molar-refractivity contribution in [1.29, 1.82) is 0 Å². The number of carbonyl (C=O) groups excluding carboxylic acids is 2. The number of carbonyl (C=O) groups is 2. The molecule has 0 bridgehead atoms. The van der Waals surface area contributed by atoms with Crippen molar-refractivity contribution < 1.29 is 23.1 Å². The summed E-state index contributed by atoms with van der Waals surface area (Å²) in [4.78, 5) is 24.2. The van der Waals surface area contributed by atoms with E-state index in [-0.39, 0.29) is 24.0 Å². The zero-order valence-electron chi connectivity index (χ0n) is 13.9. The third-order valence-corrected chi connectivity index (χ3v) is 4.19. The number of rotatable bonds is 4. The van der Waals surface area contributed by atoms with Crippen LogP contribution in [0.5, 0.6) is 5.75 Å². The Hall–Kier alpha value is -2.76. The Morgan fingerprint density at radius 1 is 1.24 bits per heavy atom. The first-order valence-corrected chi connectivity index (χ1v) is 7.90. The van der Waals surface area contributed by atoms with E-state index in [1.165, 1.54) is 0 Å². The number of Topliss-reactive ketones (excluding diaryl/α,β-unsaturated/α-hetero) is 1. The molecule has 0 radical (unpaired) electrons. The number of halogens is 2. The first-order valence-electron chi connectivity index (χ1n) is 7.90. The smallest absolute Gasteiger partial charge is 0.262 e. The third kappa shape index (κ3) is 3.52. The fourth-order valence-electron chi connectivity index (χ4n) is 3.20. The highest BCUT2D eigenvalue weighted by atomic mass is 19.1. The lowest BCUT2D eigenvalue weighted by Crippen LogP contribution is -2.21. The van der Waals surface area contributed by atoms with E-state index in [0.717, 1.165) is 23.3 Å². The number of nitrogens with one attached hydrogen (secondary N) is 1. The summed E-state index contributed by atoms with van der Waals surface area (Å²) >= 11 is 0. The van der Waals surface area contributed by atoms with E-state index in [0.29, 0.717) is 23.8 Å². The quantitative estimate of drug-likeness (QED) is 0.912. The molecule has 0 spiro atoms. The molecule has 1 N–H and O–H groups in total. The minimum absolute atomic E-state index is 0.00457. The standard InChI is InChI=1S/C19H17F2NO3/c1-10-3-4-16(19-15(23)5-11(2)18(10)19)25-9-17(24)22-14-7-12(20)6-13(21)8-14/h3-4,6-8,11H,5,9H2,1-2H3,(H,22,24). The van der Waals surface area contributed by atoms with Gasteiger partial charge in [0.15, 0.2) is 12.4 Å². The van der Waals surface area contributed by atoms with Crippen molar-refractivity contribution in [2.75, 3.05) is 11.9 Å². The van der Waals surface area contributed by atoms with Gasteiger partial charge in [0, 0.05) is 18.2 Å². The zero-order chi connectivity index (χ0) is 18.1. The summed E-state index contributed by atoms with van der Waals surface area (Å²) in [6, 6.07) is 6.25. The zero-order valence-corrected chi connectivity index (χ0v) is 13.9. The van der Waals surface area contributed by atoms with Crippen molar-refractivity contribution in [3.05, 3.63) is 58.7 Å². The van der Waals surface area contributed by atoms with Crippen LogP contribution in [0.3, 0.4) is 0 Å². The molecule has 0 heterocycles. The topological polar surface area (TPSA) is 55.4 Å². The highest BCUT2D eigenvalue weighted by molar-refractivity contribution is 6.04. The molecule has 1 unspecified atom stereocenters. The van der Waals surface area contributed by atoms with Crippen LogP contribution in [0.25, 0.3) is 0 Å². The molecule has 3 rings (SSSR count). The number of ether oxygens (including phenoxy) is 1. The van der Waals surface area contributed by atoms with Gasteiger partial charge in [-0.25, -0.2) is 8.78 Å². The number of anilines is 1. The molecule has 0 aromatic heterocycles. The number of aryl methyl sites for hydroxylation is 1. The number of hydrogen-bond donors (Lipinski definition) is 1. The van der Waals surface area contributed by atoms with Crippen LogP contribution in [0.15, 0.2) is 30.3 Å². The van der Waals surface area contributed by atoms with Crippen LogP contribution >= 0.6 is 0 Å². The maximum absolute atomic E-state index is 13.1. The van der Waals surface area contributed by atoms with Gasteiger partial charge < -0.3 is 10.1 Å². The Labute approximate surface area is 143 Å². The molecule has 2 aromatic rings. The van der Waals surface area contributed by atoms with E-state index in [1.54, 1.807) is 6.07 Å². The van der Waals surface area contributed by atoms with Gasteiger partial charge in [-0.2, -0.15) is 0 Å². The maximum atomic E-state index is 13.1. The monoisotopic (exact) mass is 345 g/mol. The van der Waals surface area contributed by atoms with E-state index in [1.807, 2.05) is 19.9 Å². The largest absolute Gasteiger partial charge is 0.483 e. The van der Waals surface area contributed by atoms with Crippen molar-refractivity contribution in [2.45, 2.75) is 26.2 Å². The second-order valence-corrected chi connectivity index (χ2v) is 6.19. The molecule has 1 aliphatic rings. The van der Waals surface area contributed by atoms with Crippen molar-refractivity contribution in [2.24, 2.45) is 0 Å². The minimum atomic E-state index is -0.785. The van der Waals surface area contributed by atoms with Gasteiger partial charge >= 0.3 is 0 Å². The van der Waals surface area contributed by atoms with Gasteiger partial charge in [0.25, 0.3) is 5.91 Å². The van der Waals surface area contributed by atoms with Crippen LogP contribution in [0.1, 0.15) is 40.7 Å². The van der Waals surface area contributed by atoms with Crippen molar-refractivity contribution in [1.82, 2.24) is 0 Å². The van der Waals surface area contributed by atoms with Gasteiger partial charge in [0.05, 0.1) is 5.56 Å². The molecule has 1 amide bonds. The molecular weight excluding hydrogens is 328 g/mol. The summed E-state index contributed by atoms with van der Waals surface area (Å²) in [5, 5.41) is 2.36. The van der Waals surface area contributed by atoms with E-state index in [2.05, 4.69) is 5.32 Å². The number of fused-ring (bicyclic) bond motifs is 1. The molecule has 130 valence electrons. The van der Waals surface area contributed by atoms with Gasteiger partial charge in [-0.15, -0.1) is 0 Å². The lowest BCUT2D eigenvalue weighted by Gasteiger charge is -2.13. The average molecular weight is 345 g/mol. The Morgan fingerprint density at radius 2 is 1.92 bits per heavy atom. The first-order chi connectivity index (χ1) is 11.8. The molecule has 6 heteroatoms. The lowest BCUT2D eigenvalue weighted by molar-refractivity contribution is -0.118. The molecule has 0 fully saturated rings. The Morgan fingerprint density at radius 3 is 2.60 bits per heavy atom. The molecule has 0 saturated carbocycles. The van der Waals surface area contributed by atoms with Crippen molar-refractivity contribution in [3.8, 4) is 5.75 Å². The molecule has 2 aromatic carbocycles. The Kier molecular flexibility index (Phi) is 4.53. The normalized spacial score (nSPS) is 15.8. The molecule has 4 nitrogen and oxygen atoms in total. The van der Waals surface area contributed by atoms with Gasteiger partial charge in [-0.3, -0.25) is 9.59 Å². The summed E-state index contributed by atoms with van der Waals surface area (Å²) in [5.74, 6) is -1.67.